The maximum absolute atomic E-state index is 11.3. The number of nitrogens with zero attached hydrogens (tertiary/aromatic N) is 3. The lowest BCUT2D eigenvalue weighted by Crippen LogP contribution is -2.42. The van der Waals surface area contributed by atoms with E-state index in [0.29, 0.717) is 44.8 Å². The molecule has 0 radical (unpaired) electrons. The third-order valence-electron chi connectivity index (χ3n) is 4.79. The van der Waals surface area contributed by atoms with Crippen molar-refractivity contribution in [1.82, 2.24) is 20.0 Å². The van der Waals surface area contributed by atoms with Gasteiger partial charge in [0.15, 0.2) is 0 Å². The highest BCUT2D eigenvalue weighted by Gasteiger charge is 2.17. The van der Waals surface area contributed by atoms with E-state index < -0.39 is 17.9 Å². The van der Waals surface area contributed by atoms with Crippen molar-refractivity contribution in [2.24, 2.45) is 0 Å². The van der Waals surface area contributed by atoms with Crippen molar-refractivity contribution in [2.45, 2.75) is 6.54 Å². The summed E-state index contributed by atoms with van der Waals surface area (Å²) in [4.78, 5) is 38.8. The average Bonchev–Trinajstić information content (AvgIpc) is 2.68. The van der Waals surface area contributed by atoms with Crippen LogP contribution in [0.4, 0.5) is 0 Å². The summed E-state index contributed by atoms with van der Waals surface area (Å²) in [6.07, 6.45) is 3.31. The number of nitrogens with one attached hydrogen (secondary N) is 1. The molecule has 0 saturated carbocycles. The third kappa shape index (κ3) is 8.15. The van der Waals surface area contributed by atoms with Crippen LogP contribution in [0.3, 0.4) is 0 Å². The van der Waals surface area contributed by atoms with Crippen molar-refractivity contribution in [3.8, 4) is 5.75 Å². The fourth-order valence-electron chi connectivity index (χ4n) is 3.20. The number of carbonyl (C=O) groups is 3. The Hall–Kier alpha value is -3.31. The minimum absolute atomic E-state index is 0.121. The fraction of sp³-hybridized carbons (Fsp3) is 0.450. The Kier molecular flexibility index (Phi) is 9.10. The number of aromatic carboxylic acids is 1. The molecule has 0 aromatic heterocycles. The Morgan fingerprint density at radius 3 is 2.23 bits per heavy atom. The van der Waals surface area contributed by atoms with Crippen molar-refractivity contribution in [1.29, 1.82) is 0 Å². The Morgan fingerprint density at radius 1 is 0.871 bits per heavy atom. The molecule has 0 amide bonds. The quantitative estimate of drug-likeness (QED) is 0.384. The van der Waals surface area contributed by atoms with E-state index in [9.17, 15) is 24.6 Å². The molecule has 0 atom stereocenters. The Morgan fingerprint density at radius 2 is 1.55 bits per heavy atom. The van der Waals surface area contributed by atoms with Gasteiger partial charge in [-0.3, -0.25) is 14.5 Å². The van der Waals surface area contributed by atoms with Crippen molar-refractivity contribution < 1.29 is 34.8 Å². The molecule has 0 aliphatic carbocycles. The highest BCUT2D eigenvalue weighted by Crippen LogP contribution is 2.24. The summed E-state index contributed by atoms with van der Waals surface area (Å²) in [7, 11) is 0. The summed E-state index contributed by atoms with van der Waals surface area (Å²) in [6.45, 7) is 2.69. The predicted octanol–water partition coefficient (Wildman–Crippen LogP) is -0.260. The smallest absolute Gasteiger partial charge is 0.339 e. The van der Waals surface area contributed by atoms with Crippen LogP contribution in [0.2, 0.25) is 0 Å². The summed E-state index contributed by atoms with van der Waals surface area (Å²) >= 11 is 0. The number of hydrogen-bond acceptors (Lipinski definition) is 8. The van der Waals surface area contributed by atoms with Gasteiger partial charge in [0, 0.05) is 63.8 Å². The number of carboxylic acids is 3. The van der Waals surface area contributed by atoms with Gasteiger partial charge in [0.05, 0.1) is 6.54 Å². The van der Waals surface area contributed by atoms with E-state index in [-0.39, 0.29) is 30.9 Å². The first-order chi connectivity index (χ1) is 14.8. The maximum Gasteiger partial charge on any atom is 0.339 e. The average molecular weight is 436 g/mol. The van der Waals surface area contributed by atoms with Crippen molar-refractivity contribution in [3.05, 3.63) is 41.7 Å². The van der Waals surface area contributed by atoms with Crippen molar-refractivity contribution >= 4 is 17.9 Å². The van der Waals surface area contributed by atoms with Crippen molar-refractivity contribution in [2.75, 3.05) is 52.4 Å². The molecule has 11 nitrogen and oxygen atoms in total. The number of hydrogen-bond donors (Lipinski definition) is 5. The molecule has 0 spiro atoms. The van der Waals surface area contributed by atoms with Crippen LogP contribution in [0.25, 0.3) is 0 Å². The van der Waals surface area contributed by atoms with Crippen LogP contribution in [-0.4, -0.2) is 105 Å². The van der Waals surface area contributed by atoms with Gasteiger partial charge in [-0.05, 0) is 6.07 Å². The van der Waals surface area contributed by atoms with Gasteiger partial charge in [-0.1, -0.05) is 12.1 Å². The van der Waals surface area contributed by atoms with Gasteiger partial charge in [0.2, 0.25) is 0 Å². The molecule has 0 unspecified atom stereocenters. The lowest BCUT2D eigenvalue weighted by atomic mass is 10.1. The molecule has 1 heterocycles. The zero-order valence-corrected chi connectivity index (χ0v) is 17.1. The lowest BCUT2D eigenvalue weighted by Gasteiger charge is -2.28. The molecular formula is C20H28N4O7. The highest BCUT2D eigenvalue weighted by molar-refractivity contribution is 5.91. The number of carboxylic acid groups (broad SMARTS) is 3. The summed E-state index contributed by atoms with van der Waals surface area (Å²) in [5.74, 6) is -3.48. The van der Waals surface area contributed by atoms with Crippen LogP contribution in [0.5, 0.6) is 5.75 Å². The molecule has 1 aromatic carbocycles. The minimum Gasteiger partial charge on any atom is -0.507 e. The molecule has 0 bridgehead atoms. The number of benzene rings is 1. The number of rotatable bonds is 7. The normalized spacial score (nSPS) is 17.4. The molecular weight excluding hydrogens is 408 g/mol. The van der Waals surface area contributed by atoms with Gasteiger partial charge in [0.1, 0.15) is 17.9 Å². The van der Waals surface area contributed by atoms with E-state index >= 15 is 0 Å². The standard InChI is InChI=1S/C20H28N4O7/c25-17(26)13-22-6-4-21-5-7-23(14-18(27)28)9-11-24(10-8-22)12-15-2-1-3-16(19(15)29)20(30)31/h1-3,8,10,21,29H,4-7,9,11-14H2,(H,25,26)(H,27,28)(H,30,31)/b10-8-. The van der Waals surface area contributed by atoms with Crippen LogP contribution in [0.15, 0.2) is 30.6 Å². The second kappa shape index (κ2) is 11.8. The summed E-state index contributed by atoms with van der Waals surface area (Å²) < 4.78 is 0. The Labute approximate surface area is 179 Å². The Balaban J connectivity index is 2.25. The number of para-hydroxylation sites is 1. The van der Waals surface area contributed by atoms with Crippen LogP contribution >= 0.6 is 0 Å². The minimum atomic E-state index is -1.24. The molecule has 1 aliphatic heterocycles. The fourth-order valence-corrected chi connectivity index (χ4v) is 3.20. The van der Waals surface area contributed by atoms with Gasteiger partial charge in [-0.2, -0.15) is 0 Å². The maximum atomic E-state index is 11.3. The molecule has 0 fully saturated rings. The van der Waals surface area contributed by atoms with E-state index in [1.54, 1.807) is 33.2 Å². The predicted molar refractivity (Wildman–Crippen MR) is 111 cm³/mol. The third-order valence-corrected chi connectivity index (χ3v) is 4.79. The molecule has 170 valence electrons. The van der Waals surface area contributed by atoms with E-state index in [0.717, 1.165) is 0 Å². The zero-order chi connectivity index (χ0) is 22.8. The first-order valence-electron chi connectivity index (χ1n) is 9.83. The molecule has 5 N–H and O–H groups in total. The lowest BCUT2D eigenvalue weighted by molar-refractivity contribution is -0.139. The number of aliphatic carboxylic acids is 2. The first kappa shape index (κ1) is 24.0. The summed E-state index contributed by atoms with van der Waals surface area (Å²) in [5.41, 5.74) is 0.190. The van der Waals surface area contributed by atoms with E-state index in [4.69, 9.17) is 10.2 Å². The second-order valence-corrected chi connectivity index (χ2v) is 7.17. The van der Waals surface area contributed by atoms with Crippen LogP contribution < -0.4 is 5.32 Å². The van der Waals surface area contributed by atoms with Gasteiger partial charge in [-0.15, -0.1) is 0 Å². The molecule has 31 heavy (non-hydrogen) atoms. The van der Waals surface area contributed by atoms with Crippen LogP contribution in [0, 0.1) is 0 Å². The van der Waals surface area contributed by atoms with Gasteiger partial charge in [0.25, 0.3) is 0 Å². The molecule has 1 aliphatic rings. The van der Waals surface area contributed by atoms with E-state index in [1.165, 1.54) is 12.1 Å². The topological polar surface area (TPSA) is 154 Å². The van der Waals surface area contributed by atoms with Gasteiger partial charge < -0.3 is 35.5 Å². The SMILES string of the molecule is O=C(O)CN1/C=C\N(Cc2cccc(C(=O)O)c2O)CCN(CC(=O)O)CCNCC1. The Bertz CT molecular complexity index is 815. The van der Waals surface area contributed by atoms with Crippen LogP contribution in [0.1, 0.15) is 15.9 Å². The summed E-state index contributed by atoms with van der Waals surface area (Å²) in [6, 6.07) is 4.46. The first-order valence-corrected chi connectivity index (χ1v) is 9.83. The highest BCUT2D eigenvalue weighted by atomic mass is 16.4. The monoisotopic (exact) mass is 436 g/mol. The second-order valence-electron chi connectivity index (χ2n) is 7.17. The molecule has 2 rings (SSSR count). The van der Waals surface area contributed by atoms with E-state index in [2.05, 4.69) is 5.32 Å². The molecule has 1 aromatic rings. The number of aromatic hydroxyl groups is 1. The van der Waals surface area contributed by atoms with Crippen molar-refractivity contribution in [3.63, 3.8) is 0 Å². The number of phenols is 1. The van der Waals surface area contributed by atoms with Crippen LogP contribution in [-0.2, 0) is 16.1 Å². The summed E-state index contributed by atoms with van der Waals surface area (Å²) in [5, 5.41) is 41.0. The van der Waals surface area contributed by atoms with E-state index in [1.807, 2.05) is 0 Å². The van der Waals surface area contributed by atoms with Gasteiger partial charge in [-0.25, -0.2) is 4.79 Å². The van der Waals surface area contributed by atoms with Gasteiger partial charge >= 0.3 is 17.9 Å². The molecule has 0 saturated heterocycles. The molecule has 11 heteroatoms. The zero-order valence-electron chi connectivity index (χ0n) is 17.1. The largest absolute Gasteiger partial charge is 0.507 e.